The number of nitrogens with zero attached hydrogens (tertiary/aromatic N) is 1. The molecule has 0 aliphatic carbocycles. The second kappa shape index (κ2) is 6.35. The van der Waals surface area contributed by atoms with Crippen LogP contribution < -0.4 is 10.2 Å². The molecule has 0 spiro atoms. The van der Waals surface area contributed by atoms with Gasteiger partial charge in [0.25, 0.3) is 0 Å². The highest BCUT2D eigenvalue weighted by Gasteiger charge is 2.24. The zero-order chi connectivity index (χ0) is 13.8. The lowest BCUT2D eigenvalue weighted by molar-refractivity contribution is 0.0987. The second-order valence-corrected chi connectivity index (χ2v) is 5.07. The Kier molecular flexibility index (Phi) is 4.77. The summed E-state index contributed by atoms with van der Waals surface area (Å²) in [6, 6.07) is 5.63. The third-order valence-corrected chi connectivity index (χ3v) is 3.65. The summed E-state index contributed by atoms with van der Waals surface area (Å²) in [5, 5.41) is 3.30. The minimum atomic E-state index is -0.135. The highest BCUT2D eigenvalue weighted by atomic mass is 19.1. The molecule has 1 N–H and O–H groups in total. The Hall–Kier alpha value is -1.13. The number of benzene rings is 1. The lowest BCUT2D eigenvalue weighted by atomic mass is 10.0. The fraction of sp³-hybridized carbons (Fsp3) is 0.600. The molecule has 0 aromatic heterocycles. The third-order valence-electron chi connectivity index (χ3n) is 3.65. The van der Waals surface area contributed by atoms with Gasteiger partial charge in [0, 0.05) is 29.9 Å². The fourth-order valence-corrected chi connectivity index (χ4v) is 2.70. The Morgan fingerprint density at radius 1 is 1.53 bits per heavy atom. The first-order valence-corrected chi connectivity index (χ1v) is 7.01. The first kappa shape index (κ1) is 14.3. The molecule has 2 atom stereocenters. The Morgan fingerprint density at radius 2 is 2.32 bits per heavy atom. The van der Waals surface area contributed by atoms with Crippen molar-refractivity contribution in [1.29, 1.82) is 0 Å². The van der Waals surface area contributed by atoms with Gasteiger partial charge in [0.1, 0.15) is 5.82 Å². The van der Waals surface area contributed by atoms with Crippen LogP contribution in [0.4, 0.5) is 10.1 Å². The topological polar surface area (TPSA) is 24.5 Å². The van der Waals surface area contributed by atoms with E-state index < -0.39 is 0 Å². The number of hydrogen-bond acceptors (Lipinski definition) is 3. The molecule has 2 unspecified atom stereocenters. The smallest absolute Gasteiger partial charge is 0.130 e. The lowest BCUT2D eigenvalue weighted by Crippen LogP contribution is -2.44. The van der Waals surface area contributed by atoms with Gasteiger partial charge in [0.05, 0.1) is 13.2 Å². The van der Waals surface area contributed by atoms with Crippen molar-refractivity contribution in [3.05, 3.63) is 29.6 Å². The molecular formula is C15H23FN2O. The third kappa shape index (κ3) is 3.07. The first-order valence-electron chi connectivity index (χ1n) is 7.01. The summed E-state index contributed by atoms with van der Waals surface area (Å²) in [6.07, 6.45) is 0. The van der Waals surface area contributed by atoms with Gasteiger partial charge >= 0.3 is 0 Å². The van der Waals surface area contributed by atoms with Gasteiger partial charge in [-0.15, -0.1) is 0 Å². The molecule has 2 rings (SSSR count). The van der Waals surface area contributed by atoms with E-state index in [9.17, 15) is 4.39 Å². The molecule has 4 heteroatoms. The molecule has 3 nitrogen and oxygen atoms in total. The summed E-state index contributed by atoms with van der Waals surface area (Å²) < 4.78 is 19.7. The number of morpholine rings is 1. The van der Waals surface area contributed by atoms with Crippen LogP contribution in [0.15, 0.2) is 18.2 Å². The van der Waals surface area contributed by atoms with Crippen molar-refractivity contribution < 1.29 is 9.13 Å². The minimum Gasteiger partial charge on any atom is -0.377 e. The van der Waals surface area contributed by atoms with E-state index in [0.29, 0.717) is 13.2 Å². The lowest BCUT2D eigenvalue weighted by Gasteiger charge is -2.37. The van der Waals surface area contributed by atoms with Crippen molar-refractivity contribution in [2.24, 2.45) is 0 Å². The minimum absolute atomic E-state index is 0.0104. The van der Waals surface area contributed by atoms with Gasteiger partial charge < -0.3 is 15.0 Å². The Bertz CT molecular complexity index is 425. The number of anilines is 1. The van der Waals surface area contributed by atoms with Gasteiger partial charge in [0.15, 0.2) is 0 Å². The van der Waals surface area contributed by atoms with Crippen molar-refractivity contribution in [2.45, 2.75) is 32.9 Å². The molecular weight excluding hydrogens is 243 g/mol. The standard InChI is InChI=1S/C15H23FN2O/c1-4-17-12(3)15-13(16)6-5-7-14(15)18-8-9-19-10-11(18)2/h5-7,11-12,17H,4,8-10H2,1-3H3. The van der Waals surface area contributed by atoms with E-state index in [-0.39, 0.29) is 17.9 Å². The van der Waals surface area contributed by atoms with Crippen LogP contribution in [-0.2, 0) is 4.74 Å². The van der Waals surface area contributed by atoms with E-state index >= 15 is 0 Å². The van der Waals surface area contributed by atoms with Gasteiger partial charge in [-0.3, -0.25) is 0 Å². The van der Waals surface area contributed by atoms with Gasteiger partial charge in [-0.2, -0.15) is 0 Å². The van der Waals surface area contributed by atoms with Crippen LogP contribution in [0.3, 0.4) is 0 Å². The van der Waals surface area contributed by atoms with Crippen molar-refractivity contribution in [3.8, 4) is 0 Å². The molecule has 1 aliphatic rings. The van der Waals surface area contributed by atoms with Crippen LogP contribution in [-0.4, -0.2) is 32.3 Å². The number of rotatable bonds is 4. The molecule has 1 heterocycles. The fourth-order valence-electron chi connectivity index (χ4n) is 2.70. The normalized spacial score (nSPS) is 21.5. The average molecular weight is 266 g/mol. The van der Waals surface area contributed by atoms with Crippen LogP contribution in [0.1, 0.15) is 32.4 Å². The Labute approximate surface area is 114 Å². The summed E-state index contributed by atoms with van der Waals surface area (Å²) in [7, 11) is 0. The molecule has 1 aromatic carbocycles. The van der Waals surface area contributed by atoms with Gasteiger partial charge in [-0.05, 0) is 32.5 Å². The summed E-state index contributed by atoms with van der Waals surface area (Å²) in [5.41, 5.74) is 1.75. The maximum atomic E-state index is 14.2. The van der Waals surface area contributed by atoms with Crippen molar-refractivity contribution >= 4 is 5.69 Å². The average Bonchev–Trinajstić information content (AvgIpc) is 2.39. The van der Waals surface area contributed by atoms with E-state index in [1.54, 1.807) is 6.07 Å². The molecule has 1 aliphatic heterocycles. The van der Waals surface area contributed by atoms with Crippen LogP contribution >= 0.6 is 0 Å². The molecule has 1 fully saturated rings. The van der Waals surface area contributed by atoms with E-state index in [2.05, 4.69) is 17.1 Å². The van der Waals surface area contributed by atoms with E-state index in [0.717, 1.165) is 24.3 Å². The van der Waals surface area contributed by atoms with Gasteiger partial charge in [0.2, 0.25) is 0 Å². The summed E-state index contributed by atoms with van der Waals surface area (Å²) >= 11 is 0. The van der Waals surface area contributed by atoms with E-state index in [4.69, 9.17) is 4.74 Å². The predicted molar refractivity (Wildman–Crippen MR) is 76.1 cm³/mol. The highest BCUT2D eigenvalue weighted by Crippen LogP contribution is 2.31. The van der Waals surface area contributed by atoms with Crippen molar-refractivity contribution in [3.63, 3.8) is 0 Å². The molecule has 0 amide bonds. The highest BCUT2D eigenvalue weighted by molar-refractivity contribution is 5.56. The monoisotopic (exact) mass is 266 g/mol. The number of halogens is 1. The van der Waals surface area contributed by atoms with Crippen molar-refractivity contribution in [1.82, 2.24) is 5.32 Å². The van der Waals surface area contributed by atoms with Crippen molar-refractivity contribution in [2.75, 3.05) is 31.2 Å². The zero-order valence-electron chi connectivity index (χ0n) is 11.9. The van der Waals surface area contributed by atoms with Gasteiger partial charge in [-0.1, -0.05) is 13.0 Å². The number of ether oxygens (including phenoxy) is 1. The summed E-state index contributed by atoms with van der Waals surface area (Å²) in [4.78, 5) is 2.25. The summed E-state index contributed by atoms with van der Waals surface area (Å²) in [6.45, 7) is 9.21. The Balaban J connectivity index is 2.35. The second-order valence-electron chi connectivity index (χ2n) is 5.07. The maximum absolute atomic E-state index is 14.2. The number of nitrogens with one attached hydrogen (secondary N) is 1. The largest absolute Gasteiger partial charge is 0.377 e. The quantitative estimate of drug-likeness (QED) is 0.907. The van der Waals surface area contributed by atoms with Gasteiger partial charge in [-0.25, -0.2) is 4.39 Å². The Morgan fingerprint density at radius 3 is 3.00 bits per heavy atom. The molecule has 1 saturated heterocycles. The maximum Gasteiger partial charge on any atom is 0.130 e. The van der Waals surface area contributed by atoms with Crippen LogP contribution in [0.25, 0.3) is 0 Å². The number of hydrogen-bond donors (Lipinski definition) is 1. The molecule has 0 saturated carbocycles. The molecule has 1 aromatic rings. The van der Waals surface area contributed by atoms with Crippen LogP contribution in [0.5, 0.6) is 0 Å². The SMILES string of the molecule is CCNC(C)c1c(F)cccc1N1CCOCC1C. The van der Waals surface area contributed by atoms with Crippen LogP contribution in [0.2, 0.25) is 0 Å². The summed E-state index contributed by atoms with van der Waals surface area (Å²) in [5.74, 6) is -0.135. The first-order chi connectivity index (χ1) is 9.15. The zero-order valence-corrected chi connectivity index (χ0v) is 11.9. The van der Waals surface area contributed by atoms with E-state index in [1.165, 1.54) is 6.07 Å². The van der Waals surface area contributed by atoms with Crippen LogP contribution in [0, 0.1) is 5.82 Å². The molecule has 106 valence electrons. The predicted octanol–water partition coefficient (Wildman–Crippen LogP) is 2.72. The molecule has 0 radical (unpaired) electrons. The molecule has 0 bridgehead atoms. The van der Waals surface area contributed by atoms with E-state index in [1.807, 2.05) is 19.9 Å². The molecule has 19 heavy (non-hydrogen) atoms.